The molecule has 0 amide bonds. The minimum atomic E-state index is -1.13. The molecule has 0 radical (unpaired) electrons. The van der Waals surface area contributed by atoms with Crippen LogP contribution in [-0.4, -0.2) is 26.0 Å². The van der Waals surface area contributed by atoms with Crippen LogP contribution in [0.15, 0.2) is 22.9 Å². The maximum atomic E-state index is 10.6. The molecular formula is C11H13N3O3. The number of rotatable bonds is 4. The number of carbonyl (C=O) groups is 1. The van der Waals surface area contributed by atoms with Crippen LogP contribution in [0.4, 0.5) is 0 Å². The molecule has 0 aliphatic rings. The van der Waals surface area contributed by atoms with Crippen molar-refractivity contribution in [2.45, 2.75) is 20.4 Å². The van der Waals surface area contributed by atoms with Crippen LogP contribution in [0.1, 0.15) is 24.4 Å². The van der Waals surface area contributed by atoms with Crippen LogP contribution in [0.25, 0.3) is 11.4 Å². The number of nitrogens with zero attached hydrogens (tertiary/aromatic N) is 3. The van der Waals surface area contributed by atoms with E-state index in [-0.39, 0.29) is 5.76 Å². The van der Waals surface area contributed by atoms with Gasteiger partial charge in [-0.1, -0.05) is 19.0 Å². The molecule has 6 nitrogen and oxygen atoms in total. The average molecular weight is 235 g/mol. The van der Waals surface area contributed by atoms with E-state index in [9.17, 15) is 4.79 Å². The fraction of sp³-hybridized carbons (Fsp3) is 0.364. The lowest BCUT2D eigenvalue weighted by Crippen LogP contribution is -2.04. The zero-order chi connectivity index (χ0) is 12.4. The van der Waals surface area contributed by atoms with Gasteiger partial charge in [0, 0.05) is 18.8 Å². The summed E-state index contributed by atoms with van der Waals surface area (Å²) < 4.78 is 6.47. The van der Waals surface area contributed by atoms with Crippen LogP contribution in [0.5, 0.6) is 0 Å². The molecule has 90 valence electrons. The Morgan fingerprint density at radius 2 is 2.29 bits per heavy atom. The Balaban J connectivity index is 2.21. The van der Waals surface area contributed by atoms with Crippen LogP contribution in [-0.2, 0) is 6.54 Å². The molecule has 0 aliphatic carbocycles. The second-order valence-corrected chi connectivity index (χ2v) is 4.20. The van der Waals surface area contributed by atoms with Crippen molar-refractivity contribution in [2.24, 2.45) is 5.92 Å². The van der Waals surface area contributed by atoms with Gasteiger partial charge in [-0.15, -0.1) is 0 Å². The summed E-state index contributed by atoms with van der Waals surface area (Å²) >= 11 is 0. The largest absolute Gasteiger partial charge is 0.475 e. The lowest BCUT2D eigenvalue weighted by atomic mass is 10.2. The van der Waals surface area contributed by atoms with E-state index in [1.54, 1.807) is 10.7 Å². The number of carboxylic acids is 1. The molecule has 1 N–H and O–H groups in total. The molecule has 0 aliphatic heterocycles. The van der Waals surface area contributed by atoms with Crippen LogP contribution >= 0.6 is 0 Å². The maximum absolute atomic E-state index is 10.6. The van der Waals surface area contributed by atoms with Gasteiger partial charge in [0.1, 0.15) is 11.4 Å². The van der Waals surface area contributed by atoms with Crippen molar-refractivity contribution >= 4 is 5.97 Å². The Bertz CT molecular complexity index is 528. The zero-order valence-corrected chi connectivity index (χ0v) is 9.62. The van der Waals surface area contributed by atoms with E-state index >= 15 is 0 Å². The molecule has 17 heavy (non-hydrogen) atoms. The van der Waals surface area contributed by atoms with E-state index in [2.05, 4.69) is 28.6 Å². The molecule has 0 spiro atoms. The first-order valence-electron chi connectivity index (χ1n) is 5.30. The molecule has 2 aromatic heterocycles. The van der Waals surface area contributed by atoms with Gasteiger partial charge < -0.3 is 9.63 Å². The van der Waals surface area contributed by atoms with Crippen molar-refractivity contribution in [3.63, 3.8) is 0 Å². The fourth-order valence-electron chi connectivity index (χ4n) is 1.47. The van der Waals surface area contributed by atoms with Gasteiger partial charge in [0.25, 0.3) is 0 Å². The molecule has 2 rings (SSSR count). The molecule has 0 unspecified atom stereocenters. The van der Waals surface area contributed by atoms with Crippen LogP contribution in [0.3, 0.4) is 0 Å². The lowest BCUT2D eigenvalue weighted by Gasteiger charge is -2.03. The highest BCUT2D eigenvalue weighted by molar-refractivity contribution is 5.85. The Labute approximate surface area is 97.8 Å². The van der Waals surface area contributed by atoms with E-state index in [0.29, 0.717) is 17.3 Å². The van der Waals surface area contributed by atoms with Crippen molar-refractivity contribution in [3.05, 3.63) is 24.1 Å². The molecular weight excluding hydrogens is 222 g/mol. The highest BCUT2D eigenvalue weighted by Gasteiger charge is 2.14. The molecule has 0 atom stereocenters. The van der Waals surface area contributed by atoms with E-state index in [1.165, 1.54) is 6.07 Å². The third-order valence-corrected chi connectivity index (χ3v) is 2.18. The van der Waals surface area contributed by atoms with Gasteiger partial charge in [-0.25, -0.2) is 4.79 Å². The summed E-state index contributed by atoms with van der Waals surface area (Å²) in [6.07, 6.45) is 1.84. The standard InChI is InChI=1S/C11H13N3O3/c1-7(2)6-14-4-3-8(12-14)9-5-10(11(15)16)17-13-9/h3-5,7H,6H2,1-2H3,(H,15,16). The number of hydrogen-bond acceptors (Lipinski definition) is 4. The Hall–Kier alpha value is -2.11. The third-order valence-electron chi connectivity index (χ3n) is 2.18. The topological polar surface area (TPSA) is 81.2 Å². The van der Waals surface area contributed by atoms with Gasteiger partial charge in [0.15, 0.2) is 0 Å². The van der Waals surface area contributed by atoms with E-state index in [4.69, 9.17) is 5.11 Å². The second-order valence-electron chi connectivity index (χ2n) is 4.20. The number of carboxylic acid groups (broad SMARTS) is 1. The summed E-state index contributed by atoms with van der Waals surface area (Å²) in [4.78, 5) is 10.6. The van der Waals surface area contributed by atoms with Gasteiger partial charge in [0.2, 0.25) is 5.76 Å². The first kappa shape index (κ1) is 11.4. The fourth-order valence-corrected chi connectivity index (χ4v) is 1.47. The minimum Gasteiger partial charge on any atom is -0.475 e. The van der Waals surface area contributed by atoms with Crippen molar-refractivity contribution in [1.82, 2.24) is 14.9 Å². The second kappa shape index (κ2) is 4.40. The van der Waals surface area contributed by atoms with Gasteiger partial charge >= 0.3 is 5.97 Å². The van der Waals surface area contributed by atoms with Crippen molar-refractivity contribution in [2.75, 3.05) is 0 Å². The van der Waals surface area contributed by atoms with Crippen LogP contribution in [0.2, 0.25) is 0 Å². The highest BCUT2D eigenvalue weighted by atomic mass is 16.5. The molecule has 0 bridgehead atoms. The molecule has 0 saturated carbocycles. The molecule has 6 heteroatoms. The molecule has 2 aromatic rings. The average Bonchev–Trinajstić information content (AvgIpc) is 2.83. The van der Waals surface area contributed by atoms with E-state index in [1.807, 2.05) is 6.20 Å². The molecule has 0 saturated heterocycles. The lowest BCUT2D eigenvalue weighted by molar-refractivity contribution is 0.0652. The summed E-state index contributed by atoms with van der Waals surface area (Å²) in [6.45, 7) is 5.00. The van der Waals surface area contributed by atoms with Gasteiger partial charge in [-0.3, -0.25) is 4.68 Å². The normalized spacial score (nSPS) is 11.0. The van der Waals surface area contributed by atoms with Crippen molar-refractivity contribution < 1.29 is 14.4 Å². The Kier molecular flexibility index (Phi) is 2.95. The number of aromatic nitrogens is 3. The summed E-state index contributed by atoms with van der Waals surface area (Å²) in [5.41, 5.74) is 1.05. The SMILES string of the molecule is CC(C)Cn1ccc(-c2cc(C(=O)O)on2)n1. The quantitative estimate of drug-likeness (QED) is 0.875. The van der Waals surface area contributed by atoms with Crippen LogP contribution in [0, 0.1) is 5.92 Å². The summed E-state index contributed by atoms with van der Waals surface area (Å²) in [5.74, 6) is -0.821. The van der Waals surface area contributed by atoms with Crippen LogP contribution < -0.4 is 0 Å². The summed E-state index contributed by atoms with van der Waals surface area (Å²) in [7, 11) is 0. The van der Waals surface area contributed by atoms with Crippen molar-refractivity contribution in [1.29, 1.82) is 0 Å². The predicted molar refractivity (Wildman–Crippen MR) is 59.5 cm³/mol. The van der Waals surface area contributed by atoms with E-state index < -0.39 is 5.97 Å². The van der Waals surface area contributed by atoms with Crippen molar-refractivity contribution in [3.8, 4) is 11.4 Å². The highest BCUT2D eigenvalue weighted by Crippen LogP contribution is 2.17. The molecule has 0 aromatic carbocycles. The van der Waals surface area contributed by atoms with Gasteiger partial charge in [-0.05, 0) is 12.0 Å². The monoisotopic (exact) mass is 235 g/mol. The maximum Gasteiger partial charge on any atom is 0.374 e. The predicted octanol–water partition coefficient (Wildman–Crippen LogP) is 1.89. The molecule has 2 heterocycles. The zero-order valence-electron chi connectivity index (χ0n) is 9.62. The van der Waals surface area contributed by atoms with Gasteiger partial charge in [-0.2, -0.15) is 5.10 Å². The Morgan fingerprint density at radius 1 is 1.53 bits per heavy atom. The number of hydrogen-bond donors (Lipinski definition) is 1. The first-order valence-corrected chi connectivity index (χ1v) is 5.30. The van der Waals surface area contributed by atoms with E-state index in [0.717, 1.165) is 6.54 Å². The molecule has 0 fully saturated rings. The third kappa shape index (κ3) is 2.52. The smallest absolute Gasteiger partial charge is 0.374 e. The summed E-state index contributed by atoms with van der Waals surface area (Å²) in [5, 5.41) is 16.7. The number of aromatic carboxylic acids is 1. The first-order chi connectivity index (χ1) is 8.06. The Morgan fingerprint density at radius 3 is 2.88 bits per heavy atom. The van der Waals surface area contributed by atoms with Gasteiger partial charge in [0.05, 0.1) is 0 Å². The minimum absolute atomic E-state index is 0.182. The summed E-state index contributed by atoms with van der Waals surface area (Å²) in [6, 6.07) is 3.15.